The zero-order valence-corrected chi connectivity index (χ0v) is 12.0. The zero-order valence-electron chi connectivity index (χ0n) is 12.0. The molecule has 0 bridgehead atoms. The predicted octanol–water partition coefficient (Wildman–Crippen LogP) is 2.55. The van der Waals surface area contributed by atoms with Gasteiger partial charge >= 0.3 is 0 Å². The molecule has 1 N–H and O–H groups in total. The Morgan fingerprint density at radius 1 is 1.19 bits per heavy atom. The zero-order chi connectivity index (χ0) is 14.2. The summed E-state index contributed by atoms with van der Waals surface area (Å²) in [6.07, 6.45) is 1.02. The van der Waals surface area contributed by atoms with Crippen molar-refractivity contribution < 1.29 is 0 Å². The van der Waals surface area contributed by atoms with Gasteiger partial charge < -0.3 is 9.88 Å². The molecule has 1 atom stereocenters. The first-order chi connectivity index (χ1) is 10.4. The Morgan fingerprint density at radius 2 is 2.10 bits per heavy atom. The third kappa shape index (κ3) is 2.01. The summed E-state index contributed by atoms with van der Waals surface area (Å²) in [6, 6.07) is 12.6. The molecular weight excluding hydrogens is 262 g/mol. The normalized spacial score (nSPS) is 17.9. The van der Waals surface area contributed by atoms with E-state index in [1.54, 1.807) is 0 Å². The summed E-state index contributed by atoms with van der Waals surface area (Å²) < 4.78 is 2.20. The van der Waals surface area contributed by atoms with Crippen molar-refractivity contribution in [1.29, 1.82) is 0 Å². The van der Waals surface area contributed by atoms with E-state index in [9.17, 15) is 0 Å². The van der Waals surface area contributed by atoms with Crippen LogP contribution in [-0.4, -0.2) is 26.3 Å². The predicted molar refractivity (Wildman–Crippen MR) is 81.8 cm³/mol. The number of hydrogen-bond donors (Lipinski definition) is 1. The molecule has 3 aromatic rings. The lowest BCUT2D eigenvalue weighted by Crippen LogP contribution is -2.33. The van der Waals surface area contributed by atoms with Crippen molar-refractivity contribution in [2.24, 2.45) is 0 Å². The van der Waals surface area contributed by atoms with Gasteiger partial charge in [0.25, 0.3) is 0 Å². The molecule has 5 heteroatoms. The summed E-state index contributed by atoms with van der Waals surface area (Å²) >= 11 is 0. The fraction of sp³-hybridized carbons (Fsp3) is 0.312. The van der Waals surface area contributed by atoms with Gasteiger partial charge in [-0.25, -0.2) is 4.98 Å². The fourth-order valence-electron chi connectivity index (χ4n) is 2.94. The minimum absolute atomic E-state index is 0.292. The lowest BCUT2D eigenvalue weighted by atomic mass is 10.1. The highest BCUT2D eigenvalue weighted by atomic mass is 15.3. The lowest BCUT2D eigenvalue weighted by molar-refractivity contribution is 0.407. The fourth-order valence-corrected chi connectivity index (χ4v) is 2.94. The Hall–Kier alpha value is -2.27. The van der Waals surface area contributed by atoms with Crippen LogP contribution in [0.2, 0.25) is 0 Å². The largest absolute Gasteiger partial charge is 0.307 e. The van der Waals surface area contributed by atoms with Crippen LogP contribution in [0, 0.1) is 0 Å². The third-order valence-electron chi connectivity index (χ3n) is 4.05. The van der Waals surface area contributed by atoms with Crippen molar-refractivity contribution in [1.82, 2.24) is 25.1 Å². The first-order valence-corrected chi connectivity index (χ1v) is 7.39. The van der Waals surface area contributed by atoms with Crippen molar-refractivity contribution >= 4 is 10.9 Å². The van der Waals surface area contributed by atoms with Gasteiger partial charge in [-0.05, 0) is 18.6 Å². The van der Waals surface area contributed by atoms with Crippen molar-refractivity contribution in [3.8, 4) is 11.5 Å². The highest BCUT2D eigenvalue weighted by Gasteiger charge is 2.24. The van der Waals surface area contributed by atoms with E-state index in [0.29, 0.717) is 6.04 Å². The van der Waals surface area contributed by atoms with Gasteiger partial charge in [-0.2, -0.15) is 0 Å². The van der Waals surface area contributed by atoms with Crippen LogP contribution >= 0.6 is 0 Å². The van der Waals surface area contributed by atoms with Crippen molar-refractivity contribution in [2.45, 2.75) is 25.9 Å². The molecule has 0 aliphatic carbocycles. The van der Waals surface area contributed by atoms with E-state index in [1.807, 2.05) is 24.3 Å². The topological polar surface area (TPSA) is 55.6 Å². The molecule has 3 heterocycles. The number of nitrogens with zero attached hydrogens (tertiary/aromatic N) is 4. The monoisotopic (exact) mass is 279 g/mol. The Kier molecular flexibility index (Phi) is 2.93. The highest BCUT2D eigenvalue weighted by molar-refractivity contribution is 5.80. The molecule has 5 nitrogen and oxygen atoms in total. The molecule has 1 aliphatic heterocycles. The van der Waals surface area contributed by atoms with Crippen LogP contribution in [0.3, 0.4) is 0 Å². The van der Waals surface area contributed by atoms with Crippen molar-refractivity contribution in [3.63, 3.8) is 0 Å². The molecule has 0 saturated heterocycles. The molecular formula is C16H17N5. The second kappa shape index (κ2) is 4.93. The molecule has 2 aromatic heterocycles. The second-order valence-electron chi connectivity index (χ2n) is 5.34. The van der Waals surface area contributed by atoms with Gasteiger partial charge in [0.2, 0.25) is 0 Å². The first kappa shape index (κ1) is 12.5. The maximum atomic E-state index is 4.73. The number of hydrogen-bond acceptors (Lipinski definition) is 4. The minimum Gasteiger partial charge on any atom is -0.307 e. The van der Waals surface area contributed by atoms with E-state index < -0.39 is 0 Å². The molecule has 0 fully saturated rings. The number of benzene rings is 1. The van der Waals surface area contributed by atoms with Crippen molar-refractivity contribution in [2.75, 3.05) is 6.54 Å². The summed E-state index contributed by atoms with van der Waals surface area (Å²) in [4.78, 5) is 4.73. The van der Waals surface area contributed by atoms with E-state index in [0.717, 1.165) is 47.8 Å². The molecule has 0 radical (unpaired) electrons. The number of nitrogens with one attached hydrogen (secondary N) is 1. The smallest absolute Gasteiger partial charge is 0.182 e. The molecule has 0 amide bonds. The number of aromatic nitrogens is 4. The van der Waals surface area contributed by atoms with Gasteiger partial charge in [0.15, 0.2) is 11.6 Å². The SMILES string of the molecule is CCC1NCCn2c(-c3ccc4ccccc4n3)nnc21. The standard InChI is InChI=1S/C16H17N5/c1-2-12-15-19-20-16(21(15)10-9-17-12)14-8-7-11-5-3-4-6-13(11)18-14/h3-8,12,17H,2,9-10H2,1H3. The molecule has 1 aliphatic rings. The summed E-state index contributed by atoms with van der Waals surface area (Å²) in [5.74, 6) is 1.89. The second-order valence-corrected chi connectivity index (χ2v) is 5.34. The van der Waals surface area contributed by atoms with Crippen molar-refractivity contribution in [3.05, 3.63) is 42.2 Å². The number of para-hydroxylation sites is 1. The van der Waals surface area contributed by atoms with Crippen LogP contribution in [-0.2, 0) is 6.54 Å². The van der Waals surface area contributed by atoms with E-state index in [-0.39, 0.29) is 0 Å². The number of pyridine rings is 1. The summed E-state index contributed by atoms with van der Waals surface area (Å²) in [5.41, 5.74) is 1.89. The maximum Gasteiger partial charge on any atom is 0.182 e. The van der Waals surface area contributed by atoms with E-state index in [2.05, 4.69) is 39.1 Å². The average Bonchev–Trinajstić information content (AvgIpc) is 2.98. The van der Waals surface area contributed by atoms with Crippen LogP contribution in [0.15, 0.2) is 36.4 Å². The van der Waals surface area contributed by atoms with Gasteiger partial charge in [-0.3, -0.25) is 0 Å². The van der Waals surface area contributed by atoms with E-state index >= 15 is 0 Å². The number of fused-ring (bicyclic) bond motifs is 2. The molecule has 21 heavy (non-hydrogen) atoms. The maximum absolute atomic E-state index is 4.73. The van der Waals surface area contributed by atoms with Crippen LogP contribution in [0.4, 0.5) is 0 Å². The van der Waals surface area contributed by atoms with Gasteiger partial charge in [0, 0.05) is 18.5 Å². The molecule has 1 unspecified atom stereocenters. The molecule has 106 valence electrons. The van der Waals surface area contributed by atoms with Gasteiger partial charge in [-0.15, -0.1) is 10.2 Å². The molecule has 4 rings (SSSR count). The average molecular weight is 279 g/mol. The van der Waals surface area contributed by atoms with Crippen LogP contribution in [0.25, 0.3) is 22.4 Å². The van der Waals surface area contributed by atoms with E-state index in [1.165, 1.54) is 0 Å². The quantitative estimate of drug-likeness (QED) is 0.783. The summed E-state index contributed by atoms with van der Waals surface area (Å²) in [7, 11) is 0. The van der Waals surface area contributed by atoms with Crippen LogP contribution < -0.4 is 5.32 Å². The highest BCUT2D eigenvalue weighted by Crippen LogP contribution is 2.25. The van der Waals surface area contributed by atoms with Gasteiger partial charge in [-0.1, -0.05) is 31.2 Å². The minimum atomic E-state index is 0.292. The Balaban J connectivity index is 1.84. The summed E-state index contributed by atoms with van der Waals surface area (Å²) in [6.45, 7) is 4.00. The Morgan fingerprint density at radius 3 is 3.00 bits per heavy atom. The van der Waals surface area contributed by atoms with Gasteiger partial charge in [0.1, 0.15) is 5.69 Å². The molecule has 0 spiro atoms. The summed E-state index contributed by atoms with van der Waals surface area (Å²) in [5, 5.41) is 13.4. The Labute approximate surface area is 123 Å². The number of rotatable bonds is 2. The van der Waals surface area contributed by atoms with Gasteiger partial charge in [0.05, 0.1) is 11.6 Å². The van der Waals surface area contributed by atoms with Crippen LogP contribution in [0.5, 0.6) is 0 Å². The first-order valence-electron chi connectivity index (χ1n) is 7.39. The molecule has 0 saturated carbocycles. The lowest BCUT2D eigenvalue weighted by Gasteiger charge is -2.23. The third-order valence-corrected chi connectivity index (χ3v) is 4.05. The van der Waals surface area contributed by atoms with E-state index in [4.69, 9.17) is 4.98 Å². The molecule has 1 aromatic carbocycles. The van der Waals surface area contributed by atoms with Crippen LogP contribution in [0.1, 0.15) is 25.2 Å². The Bertz CT molecular complexity index is 792.